The van der Waals surface area contributed by atoms with Crippen molar-refractivity contribution in [2.75, 3.05) is 32.8 Å². The summed E-state index contributed by atoms with van der Waals surface area (Å²) in [7, 11) is 0. The molecule has 0 bridgehead atoms. The Bertz CT molecular complexity index is 241. The maximum atomic E-state index is 8.86. The Morgan fingerprint density at radius 3 is 2.67 bits per heavy atom. The van der Waals surface area contributed by atoms with Gasteiger partial charge in [0.05, 0.1) is 0 Å². The predicted molar refractivity (Wildman–Crippen MR) is 75.6 cm³/mol. The third-order valence-corrected chi connectivity index (χ3v) is 4.48. The molecule has 1 aliphatic heterocycles. The van der Waals surface area contributed by atoms with Gasteiger partial charge in [-0.1, -0.05) is 13.8 Å². The van der Waals surface area contributed by atoms with Crippen LogP contribution in [0.5, 0.6) is 0 Å². The minimum atomic E-state index is 0.305. The zero-order valence-electron chi connectivity index (χ0n) is 12.1. The van der Waals surface area contributed by atoms with Crippen LogP contribution >= 0.6 is 0 Å². The highest BCUT2D eigenvalue weighted by molar-refractivity contribution is 4.87. The Morgan fingerprint density at radius 1 is 1.28 bits per heavy atom. The summed E-state index contributed by atoms with van der Waals surface area (Å²) < 4.78 is 0. The standard InChI is InChI=1S/C15H30N2O/c1-12(2)14-8-15(16-6-3-7-18)11-17(10-14)9-13-4-5-13/h12-16,18H,3-11H2,1-2H3. The second kappa shape index (κ2) is 6.88. The average molecular weight is 254 g/mol. The van der Waals surface area contributed by atoms with E-state index in [0.717, 1.165) is 30.7 Å². The molecule has 2 rings (SSSR count). The van der Waals surface area contributed by atoms with Gasteiger partial charge in [0.1, 0.15) is 0 Å². The summed E-state index contributed by atoms with van der Waals surface area (Å²) in [6.07, 6.45) is 5.09. The van der Waals surface area contributed by atoms with E-state index in [2.05, 4.69) is 24.1 Å². The van der Waals surface area contributed by atoms with Gasteiger partial charge in [0, 0.05) is 32.3 Å². The van der Waals surface area contributed by atoms with Crippen molar-refractivity contribution >= 4 is 0 Å². The monoisotopic (exact) mass is 254 g/mol. The molecular weight excluding hydrogens is 224 g/mol. The second-order valence-corrected chi connectivity index (χ2v) is 6.63. The Balaban J connectivity index is 1.80. The highest BCUT2D eigenvalue weighted by Gasteiger charge is 2.32. The molecule has 2 atom stereocenters. The molecule has 0 aromatic heterocycles. The van der Waals surface area contributed by atoms with Crippen LogP contribution in [-0.4, -0.2) is 48.8 Å². The molecule has 2 N–H and O–H groups in total. The minimum absolute atomic E-state index is 0.305. The molecule has 0 spiro atoms. The number of aliphatic hydroxyl groups excluding tert-OH is 1. The van der Waals surface area contributed by atoms with E-state index in [9.17, 15) is 0 Å². The number of likely N-dealkylation sites (tertiary alicyclic amines) is 1. The van der Waals surface area contributed by atoms with Crippen LogP contribution in [0.1, 0.15) is 39.5 Å². The first-order valence-corrected chi connectivity index (χ1v) is 7.75. The van der Waals surface area contributed by atoms with Crippen LogP contribution in [0.2, 0.25) is 0 Å². The fourth-order valence-electron chi connectivity index (χ4n) is 3.06. The molecule has 0 amide bonds. The van der Waals surface area contributed by atoms with Crippen LogP contribution in [0.4, 0.5) is 0 Å². The van der Waals surface area contributed by atoms with Crippen LogP contribution in [0.25, 0.3) is 0 Å². The molecule has 0 aromatic rings. The molecule has 106 valence electrons. The highest BCUT2D eigenvalue weighted by Crippen LogP contribution is 2.32. The van der Waals surface area contributed by atoms with E-state index in [1.807, 2.05) is 0 Å². The van der Waals surface area contributed by atoms with E-state index >= 15 is 0 Å². The average Bonchev–Trinajstić information content (AvgIpc) is 3.13. The smallest absolute Gasteiger partial charge is 0.0443 e. The van der Waals surface area contributed by atoms with Crippen LogP contribution in [0.15, 0.2) is 0 Å². The second-order valence-electron chi connectivity index (χ2n) is 6.63. The lowest BCUT2D eigenvalue weighted by Gasteiger charge is -2.40. The lowest BCUT2D eigenvalue weighted by atomic mass is 9.85. The van der Waals surface area contributed by atoms with Gasteiger partial charge in [0.2, 0.25) is 0 Å². The lowest BCUT2D eigenvalue weighted by Crippen LogP contribution is -2.51. The number of rotatable bonds is 7. The van der Waals surface area contributed by atoms with Crippen LogP contribution in [0.3, 0.4) is 0 Å². The fourth-order valence-corrected chi connectivity index (χ4v) is 3.06. The van der Waals surface area contributed by atoms with Gasteiger partial charge in [-0.2, -0.15) is 0 Å². The van der Waals surface area contributed by atoms with Gasteiger partial charge in [-0.05, 0) is 50.0 Å². The molecule has 1 saturated carbocycles. The van der Waals surface area contributed by atoms with E-state index in [-0.39, 0.29) is 0 Å². The zero-order valence-corrected chi connectivity index (χ0v) is 12.1. The van der Waals surface area contributed by atoms with Gasteiger partial charge >= 0.3 is 0 Å². The number of nitrogens with zero attached hydrogens (tertiary/aromatic N) is 1. The lowest BCUT2D eigenvalue weighted by molar-refractivity contribution is 0.111. The first-order chi connectivity index (χ1) is 8.69. The maximum Gasteiger partial charge on any atom is 0.0443 e. The number of hydrogen-bond acceptors (Lipinski definition) is 3. The van der Waals surface area contributed by atoms with E-state index in [1.54, 1.807) is 0 Å². The van der Waals surface area contributed by atoms with Crippen molar-refractivity contribution in [1.82, 2.24) is 10.2 Å². The van der Waals surface area contributed by atoms with Crippen LogP contribution < -0.4 is 5.32 Å². The molecule has 1 aliphatic carbocycles. The SMILES string of the molecule is CC(C)C1CC(NCCCO)CN(CC2CC2)C1. The van der Waals surface area contributed by atoms with Gasteiger partial charge < -0.3 is 15.3 Å². The van der Waals surface area contributed by atoms with Gasteiger partial charge in [-0.25, -0.2) is 0 Å². The number of nitrogens with one attached hydrogen (secondary N) is 1. The van der Waals surface area contributed by atoms with E-state index < -0.39 is 0 Å². The molecule has 3 nitrogen and oxygen atoms in total. The number of aliphatic hydroxyl groups is 1. The van der Waals surface area contributed by atoms with Crippen molar-refractivity contribution < 1.29 is 5.11 Å². The Hall–Kier alpha value is -0.120. The molecular formula is C15H30N2O. The molecule has 2 unspecified atom stereocenters. The summed E-state index contributed by atoms with van der Waals surface area (Å²) in [6.45, 7) is 9.81. The molecule has 2 aliphatic rings. The predicted octanol–water partition coefficient (Wildman–Crippen LogP) is 1.71. The third kappa shape index (κ3) is 4.52. The van der Waals surface area contributed by atoms with Crippen LogP contribution in [0, 0.1) is 17.8 Å². The highest BCUT2D eigenvalue weighted by atomic mass is 16.3. The normalized spacial score (nSPS) is 30.0. The van der Waals surface area contributed by atoms with E-state index in [1.165, 1.54) is 38.9 Å². The largest absolute Gasteiger partial charge is 0.396 e. The molecule has 0 aromatic carbocycles. The molecule has 2 fully saturated rings. The van der Waals surface area contributed by atoms with Gasteiger partial charge in [0.15, 0.2) is 0 Å². The fraction of sp³-hybridized carbons (Fsp3) is 1.00. The quantitative estimate of drug-likeness (QED) is 0.679. The molecule has 1 saturated heterocycles. The Kier molecular flexibility index (Phi) is 5.46. The topological polar surface area (TPSA) is 35.5 Å². The third-order valence-electron chi connectivity index (χ3n) is 4.48. The van der Waals surface area contributed by atoms with Gasteiger partial charge in [0.25, 0.3) is 0 Å². The van der Waals surface area contributed by atoms with Crippen molar-refractivity contribution in [3.63, 3.8) is 0 Å². The van der Waals surface area contributed by atoms with E-state index in [0.29, 0.717) is 12.6 Å². The minimum Gasteiger partial charge on any atom is -0.396 e. The first-order valence-electron chi connectivity index (χ1n) is 7.75. The van der Waals surface area contributed by atoms with E-state index in [4.69, 9.17) is 5.11 Å². The molecule has 18 heavy (non-hydrogen) atoms. The van der Waals surface area contributed by atoms with Gasteiger partial charge in [-0.3, -0.25) is 0 Å². The summed E-state index contributed by atoms with van der Waals surface area (Å²) in [6, 6.07) is 0.636. The van der Waals surface area contributed by atoms with Crippen molar-refractivity contribution in [2.45, 2.75) is 45.6 Å². The Labute approximate surface area is 112 Å². The summed E-state index contributed by atoms with van der Waals surface area (Å²) in [4.78, 5) is 2.68. The van der Waals surface area contributed by atoms with Crippen LogP contribution in [-0.2, 0) is 0 Å². The van der Waals surface area contributed by atoms with Crippen molar-refractivity contribution in [1.29, 1.82) is 0 Å². The Morgan fingerprint density at radius 2 is 2.06 bits per heavy atom. The van der Waals surface area contributed by atoms with Crippen molar-refractivity contribution in [2.24, 2.45) is 17.8 Å². The zero-order chi connectivity index (χ0) is 13.0. The summed E-state index contributed by atoms with van der Waals surface area (Å²) in [5.41, 5.74) is 0. The molecule has 1 heterocycles. The summed E-state index contributed by atoms with van der Waals surface area (Å²) >= 11 is 0. The molecule has 3 heteroatoms. The maximum absolute atomic E-state index is 8.86. The summed E-state index contributed by atoms with van der Waals surface area (Å²) in [5.74, 6) is 2.62. The van der Waals surface area contributed by atoms with Gasteiger partial charge in [-0.15, -0.1) is 0 Å². The first kappa shape index (κ1) is 14.3. The number of hydrogen-bond donors (Lipinski definition) is 2. The van der Waals surface area contributed by atoms with Crippen molar-refractivity contribution in [3.8, 4) is 0 Å². The molecule has 0 radical (unpaired) electrons. The van der Waals surface area contributed by atoms with Crippen molar-refractivity contribution in [3.05, 3.63) is 0 Å². The number of piperidine rings is 1. The summed E-state index contributed by atoms with van der Waals surface area (Å²) in [5, 5.41) is 12.5.